The smallest absolute Gasteiger partial charge is 0.0433 e. The Morgan fingerprint density at radius 2 is 1.77 bits per heavy atom. The molecule has 2 nitrogen and oxygen atoms in total. The second kappa shape index (κ2) is 7.27. The first-order valence-electron chi connectivity index (χ1n) is 4.93. The van der Waals surface area contributed by atoms with E-state index in [1.807, 2.05) is 25.6 Å². The Hall–Kier alpha value is -0.150. The second-order valence-electron chi connectivity index (χ2n) is 2.85. The molecule has 0 spiro atoms. The molecule has 0 aromatic heterocycles. The molecule has 3 heteroatoms. The van der Waals surface area contributed by atoms with Crippen molar-refractivity contribution < 1.29 is 0 Å². The molecule has 0 amide bonds. The Labute approximate surface area is 86.9 Å². The zero-order valence-corrected chi connectivity index (χ0v) is 10.2. The fourth-order valence-corrected chi connectivity index (χ4v) is 2.12. The average Bonchev–Trinajstić information content (AvgIpc) is 2.33. The van der Waals surface area contributed by atoms with E-state index < -0.39 is 0 Å². The van der Waals surface area contributed by atoms with Gasteiger partial charge < -0.3 is 5.01 Å². The van der Waals surface area contributed by atoms with Crippen molar-refractivity contribution in [1.82, 2.24) is 10.0 Å². The number of thioether (sulfide) groups is 1. The number of rotatable bonds is 1. The van der Waals surface area contributed by atoms with Crippen LogP contribution in [-0.4, -0.2) is 41.7 Å². The van der Waals surface area contributed by atoms with Crippen LogP contribution in [0.25, 0.3) is 0 Å². The summed E-state index contributed by atoms with van der Waals surface area (Å²) in [7, 11) is 2.13. The highest BCUT2D eigenvalue weighted by Crippen LogP contribution is 2.12. The van der Waals surface area contributed by atoms with Gasteiger partial charge in [-0.25, -0.2) is 5.01 Å². The highest BCUT2D eigenvalue weighted by Gasteiger charge is 2.12. The second-order valence-corrected chi connectivity index (χ2v) is 4.08. The Bertz CT molecular complexity index is 148. The van der Waals surface area contributed by atoms with Gasteiger partial charge in [0.15, 0.2) is 0 Å². The maximum Gasteiger partial charge on any atom is 0.0433 e. The minimum absolute atomic E-state index is 1.11. The molecule has 1 rings (SSSR count). The average molecular weight is 202 g/mol. The van der Waals surface area contributed by atoms with Gasteiger partial charge in [0.25, 0.3) is 0 Å². The predicted octanol–water partition coefficient (Wildman–Crippen LogP) is 2.44. The lowest BCUT2D eigenvalue weighted by atomic mass is 10.5. The van der Waals surface area contributed by atoms with Crippen LogP contribution in [0.1, 0.15) is 20.8 Å². The van der Waals surface area contributed by atoms with E-state index in [9.17, 15) is 0 Å². The topological polar surface area (TPSA) is 6.48 Å². The van der Waals surface area contributed by atoms with E-state index in [1.54, 1.807) is 0 Å². The van der Waals surface area contributed by atoms with Crippen LogP contribution in [-0.2, 0) is 0 Å². The van der Waals surface area contributed by atoms with Crippen molar-refractivity contribution in [3.63, 3.8) is 0 Å². The van der Waals surface area contributed by atoms with Crippen molar-refractivity contribution in [2.75, 3.05) is 31.6 Å². The van der Waals surface area contributed by atoms with Crippen LogP contribution in [0.5, 0.6) is 0 Å². The molecule has 0 saturated carbocycles. The normalized spacial score (nSPS) is 18.6. The zero-order chi connectivity index (χ0) is 10.3. The Balaban J connectivity index is 0.000000671. The van der Waals surface area contributed by atoms with Crippen molar-refractivity contribution in [3.05, 3.63) is 12.3 Å². The SMILES string of the molecule is C=C(C)N1CCSCCN1C.CC. The van der Waals surface area contributed by atoms with E-state index in [1.165, 1.54) is 11.5 Å². The summed E-state index contributed by atoms with van der Waals surface area (Å²) in [6, 6.07) is 0. The number of hydrogen-bond acceptors (Lipinski definition) is 3. The summed E-state index contributed by atoms with van der Waals surface area (Å²) in [5, 5.41) is 4.50. The molecule has 0 radical (unpaired) electrons. The van der Waals surface area contributed by atoms with E-state index in [-0.39, 0.29) is 0 Å². The first-order valence-corrected chi connectivity index (χ1v) is 6.09. The molecule has 1 saturated heterocycles. The van der Waals surface area contributed by atoms with Crippen molar-refractivity contribution in [3.8, 4) is 0 Å². The lowest BCUT2D eigenvalue weighted by Gasteiger charge is -2.31. The van der Waals surface area contributed by atoms with Gasteiger partial charge in [-0.2, -0.15) is 11.8 Å². The number of hydrogen-bond donors (Lipinski definition) is 0. The van der Waals surface area contributed by atoms with Crippen LogP contribution >= 0.6 is 11.8 Å². The molecule has 1 fully saturated rings. The maximum atomic E-state index is 3.95. The number of hydrazine groups is 1. The molecule has 0 atom stereocenters. The van der Waals surface area contributed by atoms with Gasteiger partial charge in [0.2, 0.25) is 0 Å². The van der Waals surface area contributed by atoms with Crippen molar-refractivity contribution in [1.29, 1.82) is 0 Å². The molecule has 1 heterocycles. The predicted molar refractivity (Wildman–Crippen MR) is 62.8 cm³/mol. The quantitative estimate of drug-likeness (QED) is 0.645. The number of allylic oxidation sites excluding steroid dienone is 1. The minimum atomic E-state index is 1.11. The molecule has 0 aromatic rings. The van der Waals surface area contributed by atoms with E-state index in [4.69, 9.17) is 0 Å². The van der Waals surface area contributed by atoms with Crippen molar-refractivity contribution in [2.24, 2.45) is 0 Å². The molecule has 1 aliphatic rings. The highest BCUT2D eigenvalue weighted by molar-refractivity contribution is 7.99. The van der Waals surface area contributed by atoms with Crippen molar-refractivity contribution >= 4 is 11.8 Å². The standard InChI is InChI=1S/C8H16N2S.C2H6/c1-8(2)10-5-7-11-6-4-9(10)3;1-2/h1,4-7H2,2-3H3;1-2H3. The summed E-state index contributed by atoms with van der Waals surface area (Å²) >= 11 is 2.02. The van der Waals surface area contributed by atoms with E-state index in [2.05, 4.69) is 30.6 Å². The van der Waals surface area contributed by atoms with Crippen LogP contribution in [0.2, 0.25) is 0 Å². The molecule has 0 aliphatic carbocycles. The van der Waals surface area contributed by atoms with Gasteiger partial charge in [-0.1, -0.05) is 20.4 Å². The molecule has 13 heavy (non-hydrogen) atoms. The molecule has 0 N–H and O–H groups in total. The zero-order valence-electron chi connectivity index (χ0n) is 9.34. The Morgan fingerprint density at radius 1 is 1.23 bits per heavy atom. The Morgan fingerprint density at radius 3 is 2.31 bits per heavy atom. The fraction of sp³-hybridized carbons (Fsp3) is 0.800. The molecular weight excluding hydrogens is 180 g/mol. The van der Waals surface area contributed by atoms with Gasteiger partial charge >= 0.3 is 0 Å². The van der Waals surface area contributed by atoms with E-state index >= 15 is 0 Å². The highest BCUT2D eigenvalue weighted by atomic mass is 32.2. The third kappa shape index (κ3) is 4.58. The summed E-state index contributed by atoms with van der Waals surface area (Å²) in [6.07, 6.45) is 0. The fourth-order valence-electron chi connectivity index (χ4n) is 1.22. The molecular formula is C10H22N2S. The van der Waals surface area contributed by atoms with Gasteiger partial charge in [-0.05, 0) is 6.92 Å². The van der Waals surface area contributed by atoms with Gasteiger partial charge in [0.05, 0.1) is 0 Å². The molecule has 0 aromatic carbocycles. The lowest BCUT2D eigenvalue weighted by molar-refractivity contribution is 0.0537. The summed E-state index contributed by atoms with van der Waals surface area (Å²) in [5.74, 6) is 2.46. The minimum Gasteiger partial charge on any atom is -0.310 e. The third-order valence-corrected chi connectivity index (χ3v) is 2.80. The molecule has 0 unspecified atom stereocenters. The third-order valence-electron chi connectivity index (χ3n) is 1.86. The molecule has 1 aliphatic heterocycles. The lowest BCUT2D eigenvalue weighted by Crippen LogP contribution is -2.38. The summed E-state index contributed by atoms with van der Waals surface area (Å²) in [5.41, 5.74) is 1.15. The van der Waals surface area contributed by atoms with E-state index in [0.717, 1.165) is 18.8 Å². The first-order chi connectivity index (χ1) is 6.22. The van der Waals surface area contributed by atoms with Gasteiger partial charge in [0.1, 0.15) is 0 Å². The van der Waals surface area contributed by atoms with Gasteiger partial charge in [-0.15, -0.1) is 0 Å². The van der Waals surface area contributed by atoms with Crippen LogP contribution in [0, 0.1) is 0 Å². The van der Waals surface area contributed by atoms with Gasteiger partial charge in [-0.3, -0.25) is 0 Å². The molecule has 0 bridgehead atoms. The summed E-state index contributed by atoms with van der Waals surface area (Å²) in [4.78, 5) is 0. The summed E-state index contributed by atoms with van der Waals surface area (Å²) in [6.45, 7) is 12.3. The van der Waals surface area contributed by atoms with Gasteiger partial charge in [0, 0.05) is 37.3 Å². The van der Waals surface area contributed by atoms with E-state index in [0.29, 0.717) is 0 Å². The first kappa shape index (κ1) is 12.8. The van der Waals surface area contributed by atoms with Crippen LogP contribution in [0.15, 0.2) is 12.3 Å². The van der Waals surface area contributed by atoms with Crippen molar-refractivity contribution in [2.45, 2.75) is 20.8 Å². The van der Waals surface area contributed by atoms with Crippen LogP contribution < -0.4 is 0 Å². The number of nitrogens with zero attached hydrogens (tertiary/aromatic N) is 2. The van der Waals surface area contributed by atoms with Crippen LogP contribution in [0.4, 0.5) is 0 Å². The summed E-state index contributed by atoms with van der Waals surface area (Å²) < 4.78 is 0. The van der Waals surface area contributed by atoms with Crippen LogP contribution in [0.3, 0.4) is 0 Å². The molecule has 78 valence electrons. The maximum absolute atomic E-state index is 3.95. The monoisotopic (exact) mass is 202 g/mol. The largest absolute Gasteiger partial charge is 0.310 e. The Kier molecular flexibility index (Phi) is 7.19.